The van der Waals surface area contributed by atoms with Crippen molar-refractivity contribution in [3.63, 3.8) is 0 Å². The van der Waals surface area contributed by atoms with Crippen molar-refractivity contribution < 1.29 is 14.5 Å². The molecular formula is C18H21ClN3O2+. The van der Waals surface area contributed by atoms with E-state index in [1.54, 1.807) is 31.2 Å². The Balaban J connectivity index is 1.86. The Morgan fingerprint density at radius 1 is 1.00 bits per heavy atom. The van der Waals surface area contributed by atoms with E-state index in [-0.39, 0.29) is 24.4 Å². The van der Waals surface area contributed by atoms with Crippen LogP contribution in [0.2, 0.25) is 5.02 Å². The van der Waals surface area contributed by atoms with Gasteiger partial charge in [0.2, 0.25) is 0 Å². The number of carbonyl (C=O) groups is 2. The van der Waals surface area contributed by atoms with Crippen molar-refractivity contribution >= 4 is 34.8 Å². The van der Waals surface area contributed by atoms with E-state index in [9.17, 15) is 9.59 Å². The first kappa shape index (κ1) is 18.0. The molecule has 1 unspecified atom stereocenters. The molecule has 2 atom stereocenters. The zero-order valence-electron chi connectivity index (χ0n) is 13.7. The number of hydrogen-bond donors (Lipinski definition) is 3. The highest BCUT2D eigenvalue weighted by atomic mass is 35.5. The number of carbonyl (C=O) groups excluding carboxylic acids is 2. The lowest BCUT2D eigenvalue weighted by atomic mass is 10.2. The predicted molar refractivity (Wildman–Crippen MR) is 96.4 cm³/mol. The lowest BCUT2D eigenvalue weighted by Crippen LogP contribution is -3.14. The van der Waals surface area contributed by atoms with Gasteiger partial charge in [0.25, 0.3) is 11.8 Å². The predicted octanol–water partition coefficient (Wildman–Crippen LogP) is 1.82. The Labute approximate surface area is 146 Å². The maximum Gasteiger partial charge on any atom is 0.282 e. The number of rotatable bonds is 6. The van der Waals surface area contributed by atoms with Gasteiger partial charge in [-0.3, -0.25) is 9.59 Å². The van der Waals surface area contributed by atoms with Crippen molar-refractivity contribution in [2.45, 2.75) is 13.0 Å². The van der Waals surface area contributed by atoms with Gasteiger partial charge in [-0.1, -0.05) is 29.8 Å². The Morgan fingerprint density at radius 2 is 1.58 bits per heavy atom. The third-order valence-electron chi connectivity index (χ3n) is 3.74. The van der Waals surface area contributed by atoms with Crippen LogP contribution in [0.1, 0.15) is 6.92 Å². The maximum absolute atomic E-state index is 12.3. The molecular weight excluding hydrogens is 326 g/mol. The Bertz CT molecular complexity index is 689. The monoisotopic (exact) mass is 346 g/mol. The van der Waals surface area contributed by atoms with Gasteiger partial charge in [0.1, 0.15) is 0 Å². The summed E-state index contributed by atoms with van der Waals surface area (Å²) < 4.78 is 0. The second kappa shape index (κ2) is 8.47. The number of likely N-dealkylation sites (N-methyl/N-ethyl adjacent to an activating group) is 1. The summed E-state index contributed by atoms with van der Waals surface area (Å²) in [6.07, 6.45) is 0. The first-order valence-electron chi connectivity index (χ1n) is 7.69. The molecule has 126 valence electrons. The average molecular weight is 347 g/mol. The lowest BCUT2D eigenvalue weighted by Gasteiger charge is -2.20. The normalized spacial score (nSPS) is 13.0. The fourth-order valence-corrected chi connectivity index (χ4v) is 2.27. The SMILES string of the molecule is C[C@@H](C(=O)Nc1ccccc1)[NH+](C)CC(=O)Nc1ccc(Cl)cc1. The minimum atomic E-state index is -0.360. The first-order valence-corrected chi connectivity index (χ1v) is 8.07. The van der Waals surface area contributed by atoms with Gasteiger partial charge in [0, 0.05) is 16.4 Å². The molecule has 2 aromatic carbocycles. The number of benzene rings is 2. The summed E-state index contributed by atoms with van der Waals surface area (Å²) in [5.74, 6) is -0.285. The molecule has 0 fully saturated rings. The number of quaternary nitrogens is 1. The number of amides is 2. The van der Waals surface area contributed by atoms with Crippen molar-refractivity contribution in [1.29, 1.82) is 0 Å². The van der Waals surface area contributed by atoms with Crippen LogP contribution in [0.3, 0.4) is 0 Å². The number of nitrogens with one attached hydrogen (secondary N) is 3. The van der Waals surface area contributed by atoms with Gasteiger partial charge >= 0.3 is 0 Å². The molecule has 0 saturated carbocycles. The van der Waals surface area contributed by atoms with E-state index in [4.69, 9.17) is 11.6 Å². The smallest absolute Gasteiger partial charge is 0.282 e. The molecule has 2 rings (SSSR count). The number of anilines is 2. The average Bonchev–Trinajstić information content (AvgIpc) is 2.57. The van der Waals surface area contributed by atoms with E-state index < -0.39 is 0 Å². The molecule has 0 spiro atoms. The standard InChI is InChI=1S/C18H20ClN3O2/c1-13(18(24)21-15-6-4-3-5-7-15)22(2)12-17(23)20-16-10-8-14(19)9-11-16/h3-11,13H,12H2,1-2H3,(H,20,23)(H,21,24)/p+1/t13-/m0/s1. The first-order chi connectivity index (χ1) is 11.5. The van der Waals surface area contributed by atoms with E-state index in [1.807, 2.05) is 37.4 Å². The van der Waals surface area contributed by atoms with Gasteiger partial charge in [0.05, 0.1) is 7.05 Å². The largest absolute Gasteiger partial charge is 0.321 e. The van der Waals surface area contributed by atoms with Gasteiger partial charge < -0.3 is 15.5 Å². The van der Waals surface area contributed by atoms with Crippen LogP contribution >= 0.6 is 11.6 Å². The Hall–Kier alpha value is -2.37. The van der Waals surface area contributed by atoms with Gasteiger partial charge in [-0.05, 0) is 43.3 Å². The van der Waals surface area contributed by atoms with Gasteiger partial charge in [-0.15, -0.1) is 0 Å². The molecule has 0 bridgehead atoms. The van der Waals surface area contributed by atoms with Crippen LogP contribution < -0.4 is 15.5 Å². The van der Waals surface area contributed by atoms with E-state index in [0.717, 1.165) is 10.6 Å². The molecule has 0 saturated heterocycles. The maximum atomic E-state index is 12.3. The molecule has 0 aromatic heterocycles. The zero-order chi connectivity index (χ0) is 17.5. The van der Waals surface area contributed by atoms with E-state index in [1.165, 1.54) is 0 Å². The van der Waals surface area contributed by atoms with Gasteiger partial charge in [-0.25, -0.2) is 0 Å². The van der Waals surface area contributed by atoms with Crippen LogP contribution in [0.5, 0.6) is 0 Å². The second-order valence-electron chi connectivity index (χ2n) is 5.66. The quantitative estimate of drug-likeness (QED) is 0.747. The number of para-hydroxylation sites is 1. The van der Waals surface area contributed by atoms with Crippen LogP contribution in [0.25, 0.3) is 0 Å². The molecule has 5 nitrogen and oxygen atoms in total. The summed E-state index contributed by atoms with van der Waals surface area (Å²) in [4.78, 5) is 25.2. The zero-order valence-corrected chi connectivity index (χ0v) is 14.4. The summed E-state index contributed by atoms with van der Waals surface area (Å²) in [7, 11) is 1.82. The number of hydrogen-bond acceptors (Lipinski definition) is 2. The van der Waals surface area contributed by atoms with E-state index >= 15 is 0 Å². The summed E-state index contributed by atoms with van der Waals surface area (Å²) in [5, 5.41) is 6.25. The minimum Gasteiger partial charge on any atom is -0.321 e. The highest BCUT2D eigenvalue weighted by Crippen LogP contribution is 2.12. The highest BCUT2D eigenvalue weighted by molar-refractivity contribution is 6.30. The fourth-order valence-electron chi connectivity index (χ4n) is 2.14. The van der Waals surface area contributed by atoms with Crippen LogP contribution in [0, 0.1) is 0 Å². The lowest BCUT2D eigenvalue weighted by molar-refractivity contribution is -0.885. The van der Waals surface area contributed by atoms with Gasteiger partial charge in [-0.2, -0.15) is 0 Å². The van der Waals surface area contributed by atoms with Gasteiger partial charge in [0.15, 0.2) is 12.6 Å². The molecule has 0 heterocycles. The number of halogens is 1. The molecule has 24 heavy (non-hydrogen) atoms. The Kier molecular flexibility index (Phi) is 6.35. The highest BCUT2D eigenvalue weighted by Gasteiger charge is 2.24. The third-order valence-corrected chi connectivity index (χ3v) is 3.99. The summed E-state index contributed by atoms with van der Waals surface area (Å²) in [6, 6.07) is 15.8. The fraction of sp³-hybridized carbons (Fsp3) is 0.222. The minimum absolute atomic E-state index is 0.127. The van der Waals surface area contributed by atoms with Crippen molar-refractivity contribution in [2.75, 3.05) is 24.2 Å². The van der Waals surface area contributed by atoms with Crippen LogP contribution in [-0.2, 0) is 9.59 Å². The summed E-state index contributed by atoms with van der Waals surface area (Å²) in [5.41, 5.74) is 1.42. The third kappa shape index (κ3) is 5.37. The van der Waals surface area contributed by atoms with Crippen LogP contribution in [0.4, 0.5) is 11.4 Å². The molecule has 2 aromatic rings. The summed E-state index contributed by atoms with van der Waals surface area (Å²) >= 11 is 5.81. The van der Waals surface area contributed by atoms with Crippen LogP contribution in [0.15, 0.2) is 54.6 Å². The van der Waals surface area contributed by atoms with E-state index in [2.05, 4.69) is 10.6 Å². The van der Waals surface area contributed by atoms with E-state index in [0.29, 0.717) is 10.7 Å². The van der Waals surface area contributed by atoms with Crippen LogP contribution in [-0.4, -0.2) is 31.4 Å². The molecule has 0 aliphatic rings. The molecule has 3 N–H and O–H groups in total. The molecule has 0 aliphatic heterocycles. The van der Waals surface area contributed by atoms with Crippen molar-refractivity contribution in [1.82, 2.24) is 0 Å². The Morgan fingerprint density at radius 3 is 2.21 bits per heavy atom. The van der Waals surface area contributed by atoms with Crippen molar-refractivity contribution in [2.24, 2.45) is 0 Å². The van der Waals surface area contributed by atoms with Crippen molar-refractivity contribution in [3.8, 4) is 0 Å². The second-order valence-corrected chi connectivity index (χ2v) is 6.09. The molecule has 0 radical (unpaired) electrons. The summed E-state index contributed by atoms with van der Waals surface area (Å²) in [6.45, 7) is 1.98. The topological polar surface area (TPSA) is 62.6 Å². The molecule has 6 heteroatoms. The van der Waals surface area contributed by atoms with Crippen molar-refractivity contribution in [3.05, 3.63) is 59.6 Å². The molecule has 0 aliphatic carbocycles. The molecule has 2 amide bonds.